The number of rotatable bonds is 11. The lowest BCUT2D eigenvalue weighted by atomic mass is 10.1. The third-order valence-corrected chi connectivity index (χ3v) is 6.05. The average molecular weight is 435 g/mol. The van der Waals surface area contributed by atoms with Crippen LogP contribution >= 0.6 is 0 Å². The highest BCUT2D eigenvalue weighted by atomic mass is 32.2. The predicted octanol–water partition coefficient (Wildman–Crippen LogP) is 2.76. The van der Waals surface area contributed by atoms with E-state index in [1.54, 1.807) is 0 Å². The molecule has 1 amide bonds. The third-order valence-electron chi connectivity index (χ3n) is 4.58. The number of amides is 1. The minimum Gasteiger partial charge on any atom is -0.493 e. The highest BCUT2D eigenvalue weighted by molar-refractivity contribution is 7.89. The Kier molecular flexibility index (Phi) is 8.68. The van der Waals surface area contributed by atoms with E-state index in [-0.39, 0.29) is 17.2 Å². The molecule has 1 unspecified atom stereocenters. The van der Waals surface area contributed by atoms with Gasteiger partial charge >= 0.3 is 0 Å². The summed E-state index contributed by atoms with van der Waals surface area (Å²) < 4.78 is 38.9. The van der Waals surface area contributed by atoms with E-state index in [0.29, 0.717) is 24.0 Å². The number of benzene rings is 2. The lowest BCUT2D eigenvalue weighted by Gasteiger charge is -2.19. The summed E-state index contributed by atoms with van der Waals surface area (Å²) in [5.41, 5.74) is 0.858. The molecular formula is C22H30N2O5S. The molecule has 2 N–H and O–H groups in total. The van der Waals surface area contributed by atoms with Crippen molar-refractivity contribution in [1.82, 2.24) is 10.0 Å². The first-order valence-corrected chi connectivity index (χ1v) is 11.3. The van der Waals surface area contributed by atoms with E-state index in [2.05, 4.69) is 23.9 Å². The molecule has 0 spiro atoms. The van der Waals surface area contributed by atoms with Gasteiger partial charge in [0.2, 0.25) is 15.9 Å². The molecule has 0 fully saturated rings. The molecule has 7 nitrogen and oxygen atoms in total. The van der Waals surface area contributed by atoms with Crippen molar-refractivity contribution >= 4 is 15.9 Å². The van der Waals surface area contributed by atoms with Gasteiger partial charge in [-0.3, -0.25) is 4.79 Å². The second-order valence-corrected chi connectivity index (χ2v) is 9.07. The molecule has 0 aliphatic heterocycles. The highest BCUT2D eigenvalue weighted by Crippen LogP contribution is 2.29. The molecule has 1 atom stereocenters. The van der Waals surface area contributed by atoms with Crippen LogP contribution in [0.15, 0.2) is 53.4 Å². The zero-order valence-corrected chi connectivity index (χ0v) is 18.7. The molecule has 8 heteroatoms. The van der Waals surface area contributed by atoms with Crippen LogP contribution in [0.5, 0.6) is 11.5 Å². The third kappa shape index (κ3) is 6.74. The molecule has 0 saturated carbocycles. The molecule has 2 rings (SSSR count). The Hall–Kier alpha value is -2.58. The monoisotopic (exact) mass is 434 g/mol. The maximum atomic E-state index is 13.0. The Morgan fingerprint density at radius 1 is 1.00 bits per heavy atom. The number of carbonyl (C=O) groups is 1. The van der Waals surface area contributed by atoms with Crippen LogP contribution in [0.4, 0.5) is 0 Å². The van der Waals surface area contributed by atoms with E-state index < -0.39 is 16.1 Å². The summed E-state index contributed by atoms with van der Waals surface area (Å²) >= 11 is 0. The molecule has 2 aromatic carbocycles. The van der Waals surface area contributed by atoms with E-state index >= 15 is 0 Å². The summed E-state index contributed by atoms with van der Waals surface area (Å²) in [6.45, 7) is 4.61. The summed E-state index contributed by atoms with van der Waals surface area (Å²) in [5, 5.41) is 2.84. The van der Waals surface area contributed by atoms with Crippen LogP contribution in [0.1, 0.15) is 25.8 Å². The van der Waals surface area contributed by atoms with Crippen LogP contribution in [-0.4, -0.2) is 41.1 Å². The largest absolute Gasteiger partial charge is 0.493 e. The van der Waals surface area contributed by atoms with Crippen molar-refractivity contribution < 1.29 is 22.7 Å². The SMILES string of the molecule is COc1ccc(S(=O)(=O)NC(Cc2ccccc2)C(=O)NCCC(C)C)cc1OC. The summed E-state index contributed by atoms with van der Waals surface area (Å²) in [6.07, 6.45) is 1.05. The van der Waals surface area contributed by atoms with E-state index in [9.17, 15) is 13.2 Å². The second-order valence-electron chi connectivity index (χ2n) is 7.35. The van der Waals surface area contributed by atoms with Crippen molar-refractivity contribution in [3.05, 3.63) is 54.1 Å². The standard InChI is InChI=1S/C22H30N2O5S/c1-16(2)12-13-23-22(25)19(14-17-8-6-5-7-9-17)24-30(26,27)18-10-11-20(28-3)21(15-18)29-4/h5-11,15-16,19,24H,12-14H2,1-4H3,(H,23,25). The Labute approximate surface area is 178 Å². The van der Waals surface area contributed by atoms with Gasteiger partial charge in [0.25, 0.3) is 0 Å². The molecule has 0 aliphatic carbocycles. The van der Waals surface area contributed by atoms with Gasteiger partial charge in [0.05, 0.1) is 19.1 Å². The van der Waals surface area contributed by atoms with Crippen molar-refractivity contribution in [3.8, 4) is 11.5 Å². The summed E-state index contributed by atoms with van der Waals surface area (Å²) in [7, 11) is -1.06. The average Bonchev–Trinajstić information content (AvgIpc) is 2.73. The van der Waals surface area contributed by atoms with Gasteiger partial charge in [0.1, 0.15) is 6.04 Å². The molecule has 0 aliphatic rings. The molecule has 30 heavy (non-hydrogen) atoms. The van der Waals surface area contributed by atoms with Crippen molar-refractivity contribution in [3.63, 3.8) is 0 Å². The van der Waals surface area contributed by atoms with Crippen LogP contribution < -0.4 is 19.5 Å². The topological polar surface area (TPSA) is 93.7 Å². The zero-order chi connectivity index (χ0) is 22.1. The first-order chi connectivity index (χ1) is 14.3. The van der Waals surface area contributed by atoms with Gasteiger partial charge in [0, 0.05) is 12.6 Å². The molecular weight excluding hydrogens is 404 g/mol. The molecule has 0 saturated heterocycles. The number of methoxy groups -OCH3 is 2. The molecule has 0 heterocycles. The first-order valence-electron chi connectivity index (χ1n) is 9.82. The van der Waals surface area contributed by atoms with Crippen LogP contribution in [0.25, 0.3) is 0 Å². The Balaban J connectivity index is 2.25. The van der Waals surface area contributed by atoms with Crippen LogP contribution in [0.3, 0.4) is 0 Å². The van der Waals surface area contributed by atoms with Gasteiger partial charge < -0.3 is 14.8 Å². The molecule has 0 aromatic heterocycles. The van der Waals surface area contributed by atoms with Crippen molar-refractivity contribution in [2.24, 2.45) is 5.92 Å². The predicted molar refractivity (Wildman–Crippen MR) is 116 cm³/mol. The van der Waals surface area contributed by atoms with Crippen LogP contribution in [0, 0.1) is 5.92 Å². The van der Waals surface area contributed by atoms with Gasteiger partial charge in [-0.1, -0.05) is 44.2 Å². The maximum Gasteiger partial charge on any atom is 0.241 e. The van der Waals surface area contributed by atoms with Crippen molar-refractivity contribution in [1.29, 1.82) is 0 Å². The molecule has 164 valence electrons. The van der Waals surface area contributed by atoms with Gasteiger partial charge in [-0.2, -0.15) is 4.72 Å². The van der Waals surface area contributed by atoms with E-state index in [1.807, 2.05) is 30.3 Å². The fraction of sp³-hybridized carbons (Fsp3) is 0.409. The van der Waals surface area contributed by atoms with Crippen LogP contribution in [-0.2, 0) is 21.2 Å². The van der Waals surface area contributed by atoms with Crippen LogP contribution in [0.2, 0.25) is 0 Å². The zero-order valence-electron chi connectivity index (χ0n) is 17.8. The number of hydrogen-bond acceptors (Lipinski definition) is 5. The van der Waals surface area contributed by atoms with E-state index in [0.717, 1.165) is 12.0 Å². The number of ether oxygens (including phenoxy) is 2. The minimum absolute atomic E-state index is 0.00630. The van der Waals surface area contributed by atoms with Gasteiger partial charge in [-0.15, -0.1) is 0 Å². The normalized spacial score (nSPS) is 12.4. The lowest BCUT2D eigenvalue weighted by molar-refractivity contribution is -0.122. The smallest absolute Gasteiger partial charge is 0.241 e. The minimum atomic E-state index is -3.97. The summed E-state index contributed by atoms with van der Waals surface area (Å²) in [5.74, 6) is 0.787. The first kappa shape index (κ1) is 23.7. The maximum absolute atomic E-state index is 13.0. The number of nitrogens with one attached hydrogen (secondary N) is 2. The highest BCUT2D eigenvalue weighted by Gasteiger charge is 2.27. The summed E-state index contributed by atoms with van der Waals surface area (Å²) in [6, 6.07) is 12.7. The quantitative estimate of drug-likeness (QED) is 0.567. The molecule has 0 bridgehead atoms. The van der Waals surface area contributed by atoms with Crippen molar-refractivity contribution in [2.45, 2.75) is 37.6 Å². The number of hydrogen-bond donors (Lipinski definition) is 2. The number of sulfonamides is 1. The fourth-order valence-corrected chi connectivity index (χ4v) is 4.09. The molecule has 0 radical (unpaired) electrons. The van der Waals surface area contributed by atoms with Crippen molar-refractivity contribution in [2.75, 3.05) is 20.8 Å². The van der Waals surface area contributed by atoms with Gasteiger partial charge in [0.15, 0.2) is 11.5 Å². The number of carbonyl (C=O) groups excluding carboxylic acids is 1. The Morgan fingerprint density at radius 3 is 2.27 bits per heavy atom. The molecule has 2 aromatic rings. The Morgan fingerprint density at radius 2 is 1.67 bits per heavy atom. The van der Waals surface area contributed by atoms with Gasteiger partial charge in [-0.25, -0.2) is 8.42 Å². The lowest BCUT2D eigenvalue weighted by Crippen LogP contribution is -2.48. The van der Waals surface area contributed by atoms with E-state index in [4.69, 9.17) is 9.47 Å². The second kappa shape index (κ2) is 11.0. The Bertz CT molecular complexity index is 930. The van der Waals surface area contributed by atoms with Gasteiger partial charge in [-0.05, 0) is 36.5 Å². The summed E-state index contributed by atoms with van der Waals surface area (Å²) in [4.78, 5) is 12.8. The van der Waals surface area contributed by atoms with E-state index in [1.165, 1.54) is 32.4 Å². The fourth-order valence-electron chi connectivity index (χ4n) is 2.88.